The minimum atomic E-state index is 1.02. The topological polar surface area (TPSA) is 0 Å². The van der Waals surface area contributed by atoms with Crippen molar-refractivity contribution in [2.45, 2.75) is 52.4 Å². The van der Waals surface area contributed by atoms with Gasteiger partial charge in [0.1, 0.15) is 0 Å². The van der Waals surface area contributed by atoms with Crippen molar-refractivity contribution in [1.82, 2.24) is 0 Å². The van der Waals surface area contributed by atoms with Gasteiger partial charge in [0.05, 0.1) is 0 Å². The maximum atomic E-state index is 6.48. The molecule has 1 rings (SSSR count). The van der Waals surface area contributed by atoms with Crippen LogP contribution in [0, 0.1) is 0 Å². The maximum absolute atomic E-state index is 6.48. The van der Waals surface area contributed by atoms with Crippen molar-refractivity contribution in [3.05, 3.63) is 40.9 Å². The Bertz CT molecular complexity index is 338. The van der Waals surface area contributed by atoms with Gasteiger partial charge in [-0.15, -0.1) is 0 Å². The maximum Gasteiger partial charge on any atom is 0.0218 e. The summed E-state index contributed by atoms with van der Waals surface area (Å²) in [6.45, 7) is 4.43. The molecule has 0 nitrogen and oxygen atoms in total. The van der Waals surface area contributed by atoms with Gasteiger partial charge < -0.3 is 0 Å². The smallest absolute Gasteiger partial charge is 0.0218 e. The molecule has 0 amide bonds. The molecule has 0 aliphatic heterocycles. The molecule has 0 fully saturated rings. The van der Waals surface area contributed by atoms with Crippen LogP contribution in [0.1, 0.15) is 57.9 Å². The Kier molecular flexibility index (Phi) is 7.04. The van der Waals surface area contributed by atoms with E-state index in [4.69, 9.17) is 11.6 Å². The normalized spacial score (nSPS) is 12.4. The van der Waals surface area contributed by atoms with Crippen LogP contribution in [0.4, 0.5) is 0 Å². The first-order valence-corrected chi connectivity index (χ1v) is 7.10. The summed E-state index contributed by atoms with van der Waals surface area (Å²) in [7, 11) is 0. The third kappa shape index (κ3) is 4.95. The summed E-state index contributed by atoms with van der Waals surface area (Å²) in [6, 6.07) is 10.6. The number of halogens is 1. The standard InChI is InChI=1S/C16H23Cl/c1-3-5-12-15(16(17)13-6-4-2)14-10-8-7-9-11-14/h7-11H,3-6,12-13H2,1-2H3. The highest BCUT2D eigenvalue weighted by Crippen LogP contribution is 2.29. The Morgan fingerprint density at radius 1 is 0.941 bits per heavy atom. The lowest BCUT2D eigenvalue weighted by molar-refractivity contribution is 0.794. The SMILES string of the molecule is CCCCC(Cl)=C(CCCC)c1ccccc1. The van der Waals surface area contributed by atoms with Crippen LogP contribution in [0.25, 0.3) is 5.57 Å². The van der Waals surface area contributed by atoms with Crippen molar-refractivity contribution in [2.75, 3.05) is 0 Å². The van der Waals surface area contributed by atoms with Gasteiger partial charge in [0.2, 0.25) is 0 Å². The first-order valence-electron chi connectivity index (χ1n) is 6.72. The van der Waals surface area contributed by atoms with Crippen LogP contribution in [-0.4, -0.2) is 0 Å². The quantitative estimate of drug-likeness (QED) is 0.555. The Labute approximate surface area is 111 Å². The molecule has 1 aromatic rings. The fourth-order valence-corrected chi connectivity index (χ4v) is 2.25. The molecule has 0 aliphatic rings. The van der Waals surface area contributed by atoms with E-state index in [0.717, 1.165) is 17.9 Å². The summed E-state index contributed by atoms with van der Waals surface area (Å²) >= 11 is 6.48. The number of hydrogen-bond acceptors (Lipinski definition) is 0. The molecule has 0 unspecified atom stereocenters. The minimum absolute atomic E-state index is 1.02. The molecule has 17 heavy (non-hydrogen) atoms. The van der Waals surface area contributed by atoms with Crippen LogP contribution in [-0.2, 0) is 0 Å². The van der Waals surface area contributed by atoms with E-state index in [1.165, 1.54) is 36.8 Å². The molecule has 0 saturated carbocycles. The summed E-state index contributed by atoms with van der Waals surface area (Å²) in [4.78, 5) is 0. The van der Waals surface area contributed by atoms with Gasteiger partial charge in [0.25, 0.3) is 0 Å². The zero-order chi connectivity index (χ0) is 12.5. The summed E-state index contributed by atoms with van der Waals surface area (Å²) in [5, 5.41) is 1.06. The lowest BCUT2D eigenvalue weighted by Crippen LogP contribution is -1.89. The third-order valence-electron chi connectivity index (χ3n) is 2.98. The fourth-order valence-electron chi connectivity index (χ4n) is 1.91. The molecular formula is C16H23Cl. The highest BCUT2D eigenvalue weighted by atomic mass is 35.5. The van der Waals surface area contributed by atoms with Gasteiger partial charge in [0.15, 0.2) is 0 Å². The third-order valence-corrected chi connectivity index (χ3v) is 3.40. The molecule has 0 atom stereocenters. The van der Waals surface area contributed by atoms with E-state index in [2.05, 4.69) is 44.2 Å². The molecule has 0 heterocycles. The summed E-state index contributed by atoms with van der Waals surface area (Å²) in [5.41, 5.74) is 2.64. The number of unbranched alkanes of at least 4 members (excludes halogenated alkanes) is 2. The van der Waals surface area contributed by atoms with E-state index < -0.39 is 0 Å². The highest BCUT2D eigenvalue weighted by molar-refractivity contribution is 6.32. The Hall–Kier alpha value is -0.750. The molecule has 94 valence electrons. The van der Waals surface area contributed by atoms with Gasteiger partial charge in [-0.25, -0.2) is 0 Å². The van der Waals surface area contributed by atoms with E-state index in [0.29, 0.717) is 0 Å². The number of allylic oxidation sites excluding steroid dienone is 2. The predicted octanol–water partition coefficient (Wildman–Crippen LogP) is 6.02. The van der Waals surface area contributed by atoms with Gasteiger partial charge in [-0.3, -0.25) is 0 Å². The second-order valence-electron chi connectivity index (χ2n) is 4.46. The van der Waals surface area contributed by atoms with Gasteiger partial charge in [0, 0.05) is 5.03 Å². The van der Waals surface area contributed by atoms with E-state index >= 15 is 0 Å². The van der Waals surface area contributed by atoms with Crippen LogP contribution < -0.4 is 0 Å². The highest BCUT2D eigenvalue weighted by Gasteiger charge is 2.06. The van der Waals surface area contributed by atoms with E-state index in [-0.39, 0.29) is 0 Å². The predicted molar refractivity (Wildman–Crippen MR) is 78.3 cm³/mol. The van der Waals surface area contributed by atoms with Crippen molar-refractivity contribution in [3.8, 4) is 0 Å². The first kappa shape index (κ1) is 14.3. The Morgan fingerprint density at radius 3 is 2.12 bits per heavy atom. The summed E-state index contributed by atoms with van der Waals surface area (Å²) in [5.74, 6) is 0. The average Bonchev–Trinajstić information content (AvgIpc) is 2.38. The van der Waals surface area contributed by atoms with Crippen LogP contribution in [0.3, 0.4) is 0 Å². The lowest BCUT2D eigenvalue weighted by atomic mass is 9.98. The van der Waals surface area contributed by atoms with Crippen molar-refractivity contribution in [3.63, 3.8) is 0 Å². The summed E-state index contributed by atoms with van der Waals surface area (Å²) < 4.78 is 0. The molecule has 1 heteroatoms. The molecule has 0 aliphatic carbocycles. The van der Waals surface area contributed by atoms with Gasteiger partial charge in [-0.1, -0.05) is 68.6 Å². The molecule has 0 N–H and O–H groups in total. The number of hydrogen-bond donors (Lipinski definition) is 0. The van der Waals surface area contributed by atoms with E-state index in [9.17, 15) is 0 Å². The zero-order valence-electron chi connectivity index (χ0n) is 11.0. The second kappa shape index (κ2) is 8.36. The monoisotopic (exact) mass is 250 g/mol. The van der Waals surface area contributed by atoms with Crippen LogP contribution in [0.2, 0.25) is 0 Å². The van der Waals surface area contributed by atoms with Crippen molar-refractivity contribution in [1.29, 1.82) is 0 Å². The molecule has 0 radical (unpaired) electrons. The van der Waals surface area contributed by atoms with E-state index in [1.54, 1.807) is 0 Å². The average molecular weight is 251 g/mol. The Morgan fingerprint density at radius 2 is 1.53 bits per heavy atom. The van der Waals surface area contributed by atoms with Gasteiger partial charge in [-0.2, -0.15) is 0 Å². The fraction of sp³-hybridized carbons (Fsp3) is 0.500. The minimum Gasteiger partial charge on any atom is -0.0888 e. The zero-order valence-corrected chi connectivity index (χ0v) is 11.8. The molecule has 0 saturated heterocycles. The number of benzene rings is 1. The van der Waals surface area contributed by atoms with Crippen molar-refractivity contribution >= 4 is 17.2 Å². The Balaban J connectivity index is 2.86. The molecule has 1 aromatic carbocycles. The molecular weight excluding hydrogens is 228 g/mol. The van der Waals surface area contributed by atoms with E-state index in [1.807, 2.05) is 0 Å². The molecule has 0 bridgehead atoms. The number of rotatable bonds is 7. The lowest BCUT2D eigenvalue weighted by Gasteiger charge is -2.11. The van der Waals surface area contributed by atoms with Crippen LogP contribution >= 0.6 is 11.6 Å². The van der Waals surface area contributed by atoms with Crippen molar-refractivity contribution in [2.24, 2.45) is 0 Å². The molecule has 0 spiro atoms. The van der Waals surface area contributed by atoms with Crippen LogP contribution in [0.15, 0.2) is 35.4 Å². The van der Waals surface area contributed by atoms with Gasteiger partial charge >= 0.3 is 0 Å². The second-order valence-corrected chi connectivity index (χ2v) is 4.91. The van der Waals surface area contributed by atoms with Gasteiger partial charge in [-0.05, 0) is 36.8 Å². The first-order chi connectivity index (χ1) is 8.29. The largest absolute Gasteiger partial charge is 0.0888 e. The summed E-state index contributed by atoms with van der Waals surface area (Å²) in [6.07, 6.45) is 6.93. The molecule has 0 aromatic heterocycles. The van der Waals surface area contributed by atoms with Crippen LogP contribution in [0.5, 0.6) is 0 Å². The van der Waals surface area contributed by atoms with Crippen molar-refractivity contribution < 1.29 is 0 Å².